The third-order valence-corrected chi connectivity index (χ3v) is 3.29. The zero-order valence-electron chi connectivity index (χ0n) is 12.4. The van der Waals surface area contributed by atoms with Crippen LogP contribution in [0.1, 0.15) is 17.0 Å². The fraction of sp³-hybridized carbons (Fsp3) is 0.176. The van der Waals surface area contributed by atoms with Gasteiger partial charge in [0.05, 0.1) is 0 Å². The molecule has 4 heteroatoms. The lowest BCUT2D eigenvalue weighted by molar-refractivity contribution is 1.15. The van der Waals surface area contributed by atoms with E-state index < -0.39 is 8.07 Å². The number of anilines is 1. The van der Waals surface area contributed by atoms with Crippen molar-refractivity contribution in [3.8, 4) is 23.3 Å². The lowest BCUT2D eigenvalue weighted by Gasteiger charge is -2.03. The summed E-state index contributed by atoms with van der Waals surface area (Å²) < 4.78 is 0. The number of nitrogens with zero attached hydrogens (tertiary/aromatic N) is 2. The maximum absolute atomic E-state index is 5.72. The summed E-state index contributed by atoms with van der Waals surface area (Å²) in [7, 11) is -1.44. The monoisotopic (exact) mass is 291 g/mol. The molecule has 21 heavy (non-hydrogen) atoms. The molecule has 1 heterocycles. The van der Waals surface area contributed by atoms with E-state index in [9.17, 15) is 0 Å². The van der Waals surface area contributed by atoms with Crippen molar-refractivity contribution in [3.63, 3.8) is 0 Å². The molecule has 3 nitrogen and oxygen atoms in total. The van der Waals surface area contributed by atoms with E-state index in [1.807, 2.05) is 30.3 Å². The Bertz CT molecular complexity index is 754. The van der Waals surface area contributed by atoms with Gasteiger partial charge >= 0.3 is 0 Å². The summed E-state index contributed by atoms with van der Waals surface area (Å²) in [5.74, 6) is 9.33. The number of nitrogen functional groups attached to an aromatic ring is 1. The Kier molecular flexibility index (Phi) is 4.42. The van der Waals surface area contributed by atoms with Gasteiger partial charge < -0.3 is 5.73 Å². The molecule has 2 N–H and O–H groups in total. The molecule has 0 fully saturated rings. The minimum absolute atomic E-state index is 0.203. The molecule has 1 aromatic carbocycles. The highest BCUT2D eigenvalue weighted by atomic mass is 28.3. The van der Waals surface area contributed by atoms with Crippen LogP contribution in [0.5, 0.6) is 0 Å². The Labute approximate surface area is 126 Å². The van der Waals surface area contributed by atoms with Crippen molar-refractivity contribution < 1.29 is 0 Å². The van der Waals surface area contributed by atoms with Crippen molar-refractivity contribution in [1.29, 1.82) is 0 Å². The second-order valence-corrected chi connectivity index (χ2v) is 10.4. The fourth-order valence-electron chi connectivity index (χ4n) is 1.50. The number of hydrogen-bond acceptors (Lipinski definition) is 3. The first-order chi connectivity index (χ1) is 9.92. The van der Waals surface area contributed by atoms with Crippen LogP contribution >= 0.6 is 0 Å². The van der Waals surface area contributed by atoms with Crippen molar-refractivity contribution >= 4 is 14.0 Å². The summed E-state index contributed by atoms with van der Waals surface area (Å²) in [5, 5.41) is 0. The molecule has 0 aliphatic rings. The van der Waals surface area contributed by atoms with E-state index in [0.29, 0.717) is 11.4 Å². The summed E-state index contributed by atoms with van der Waals surface area (Å²) in [6, 6.07) is 11.5. The first kappa shape index (κ1) is 14.8. The van der Waals surface area contributed by atoms with E-state index in [0.717, 1.165) is 5.56 Å². The maximum atomic E-state index is 5.72. The van der Waals surface area contributed by atoms with Gasteiger partial charge in [0.15, 0.2) is 0 Å². The topological polar surface area (TPSA) is 51.8 Å². The molecule has 0 aliphatic heterocycles. The van der Waals surface area contributed by atoms with Gasteiger partial charge in [-0.3, -0.25) is 0 Å². The van der Waals surface area contributed by atoms with Crippen LogP contribution in [0.2, 0.25) is 19.6 Å². The Hall–Kier alpha value is -2.56. The van der Waals surface area contributed by atoms with Crippen LogP contribution < -0.4 is 5.73 Å². The van der Waals surface area contributed by atoms with Gasteiger partial charge in [-0.2, -0.15) is 0 Å². The molecule has 0 radical (unpaired) electrons. The molecule has 2 rings (SSSR count). The molecule has 0 bridgehead atoms. The standard InChI is InChI=1S/C17H17N3Si/c1-21(2,3)12-11-16-13-15(19-17(18)20-16)10-9-14-7-5-4-6-8-14/h4-8,13H,1-3H3,(H2,18,19,20). The van der Waals surface area contributed by atoms with Crippen LogP contribution in [-0.4, -0.2) is 18.0 Å². The molecule has 0 saturated heterocycles. The fourth-order valence-corrected chi connectivity index (χ4v) is 2.01. The quantitative estimate of drug-likeness (QED) is 0.600. The Morgan fingerprint density at radius 1 is 0.905 bits per heavy atom. The number of aromatic nitrogens is 2. The lowest BCUT2D eigenvalue weighted by atomic mass is 10.2. The smallest absolute Gasteiger partial charge is 0.222 e. The highest BCUT2D eigenvalue weighted by Gasteiger charge is 2.08. The summed E-state index contributed by atoms with van der Waals surface area (Å²) in [5.41, 5.74) is 11.1. The van der Waals surface area contributed by atoms with Gasteiger partial charge in [0.25, 0.3) is 0 Å². The van der Waals surface area contributed by atoms with Crippen molar-refractivity contribution in [2.45, 2.75) is 19.6 Å². The number of nitrogens with two attached hydrogens (primary N) is 1. The number of benzene rings is 1. The normalized spacial score (nSPS) is 10.0. The molecule has 0 unspecified atom stereocenters. The van der Waals surface area contributed by atoms with E-state index >= 15 is 0 Å². The van der Waals surface area contributed by atoms with Crippen LogP contribution in [-0.2, 0) is 0 Å². The van der Waals surface area contributed by atoms with Gasteiger partial charge in [-0.25, -0.2) is 9.97 Å². The molecule has 2 aromatic rings. The second-order valence-electron chi connectivity index (χ2n) is 5.61. The molecule has 0 aliphatic carbocycles. The lowest BCUT2D eigenvalue weighted by Crippen LogP contribution is -2.16. The molecule has 0 atom stereocenters. The van der Waals surface area contributed by atoms with E-state index in [2.05, 4.69) is 52.9 Å². The molecule has 0 saturated carbocycles. The Balaban J connectivity index is 2.32. The van der Waals surface area contributed by atoms with Gasteiger partial charge in [0, 0.05) is 11.6 Å². The van der Waals surface area contributed by atoms with Crippen molar-refractivity contribution in [2.75, 3.05) is 5.73 Å². The minimum Gasteiger partial charge on any atom is -0.368 e. The van der Waals surface area contributed by atoms with Gasteiger partial charge in [-0.15, -0.1) is 5.54 Å². The third kappa shape index (κ3) is 5.14. The first-order valence-electron chi connectivity index (χ1n) is 6.67. The zero-order valence-corrected chi connectivity index (χ0v) is 13.4. The number of hydrogen-bond donors (Lipinski definition) is 1. The average molecular weight is 291 g/mol. The average Bonchev–Trinajstić information content (AvgIpc) is 2.43. The molecule has 0 amide bonds. The van der Waals surface area contributed by atoms with Crippen LogP contribution in [0.15, 0.2) is 36.4 Å². The van der Waals surface area contributed by atoms with E-state index in [4.69, 9.17) is 5.73 Å². The predicted molar refractivity (Wildman–Crippen MR) is 89.1 cm³/mol. The summed E-state index contributed by atoms with van der Waals surface area (Å²) in [6.45, 7) is 6.54. The van der Waals surface area contributed by atoms with Crippen LogP contribution in [0.25, 0.3) is 0 Å². The van der Waals surface area contributed by atoms with Crippen molar-refractivity contribution in [3.05, 3.63) is 53.3 Å². The van der Waals surface area contributed by atoms with Crippen molar-refractivity contribution in [2.24, 2.45) is 0 Å². The van der Waals surface area contributed by atoms with Gasteiger partial charge in [0.1, 0.15) is 19.5 Å². The first-order valence-corrected chi connectivity index (χ1v) is 10.2. The summed E-state index contributed by atoms with van der Waals surface area (Å²) in [4.78, 5) is 8.27. The van der Waals surface area contributed by atoms with Gasteiger partial charge in [-0.05, 0) is 18.1 Å². The minimum atomic E-state index is -1.44. The highest BCUT2D eigenvalue weighted by Crippen LogP contribution is 2.03. The highest BCUT2D eigenvalue weighted by molar-refractivity contribution is 6.83. The second kappa shape index (κ2) is 6.26. The van der Waals surface area contributed by atoms with Crippen LogP contribution in [0, 0.1) is 23.3 Å². The van der Waals surface area contributed by atoms with E-state index in [-0.39, 0.29) is 5.95 Å². The third-order valence-electron chi connectivity index (χ3n) is 2.42. The molecule has 104 valence electrons. The van der Waals surface area contributed by atoms with Crippen LogP contribution in [0.4, 0.5) is 5.95 Å². The Morgan fingerprint density at radius 3 is 2.14 bits per heavy atom. The predicted octanol–water partition coefficient (Wildman–Crippen LogP) is 2.69. The maximum Gasteiger partial charge on any atom is 0.222 e. The van der Waals surface area contributed by atoms with Gasteiger partial charge in [-0.1, -0.05) is 49.7 Å². The van der Waals surface area contributed by atoms with E-state index in [1.54, 1.807) is 6.07 Å². The summed E-state index contributed by atoms with van der Waals surface area (Å²) in [6.07, 6.45) is 0. The zero-order chi connectivity index (χ0) is 15.3. The molecular formula is C17H17N3Si. The van der Waals surface area contributed by atoms with Gasteiger partial charge in [0.2, 0.25) is 5.95 Å². The SMILES string of the molecule is C[Si](C)(C)C#Cc1cc(C#Cc2ccccc2)nc(N)n1. The molecular weight excluding hydrogens is 274 g/mol. The van der Waals surface area contributed by atoms with E-state index in [1.165, 1.54) is 0 Å². The molecule has 0 spiro atoms. The molecule has 1 aromatic heterocycles. The largest absolute Gasteiger partial charge is 0.368 e. The Morgan fingerprint density at radius 2 is 1.52 bits per heavy atom. The summed E-state index contributed by atoms with van der Waals surface area (Å²) >= 11 is 0. The number of rotatable bonds is 0. The van der Waals surface area contributed by atoms with Crippen LogP contribution in [0.3, 0.4) is 0 Å². The van der Waals surface area contributed by atoms with Crippen molar-refractivity contribution in [1.82, 2.24) is 9.97 Å².